The second-order valence-electron chi connectivity index (χ2n) is 3.79. The molecule has 102 valence electrons. The Morgan fingerprint density at radius 3 is 2.70 bits per heavy atom. The number of rotatable bonds is 4. The zero-order valence-electron chi connectivity index (χ0n) is 10.6. The van der Waals surface area contributed by atoms with Crippen LogP contribution < -0.4 is 9.46 Å². The second kappa shape index (κ2) is 5.59. The summed E-state index contributed by atoms with van der Waals surface area (Å²) in [6, 6.07) is 9.54. The zero-order chi connectivity index (χ0) is 14.6. The molecule has 0 atom stereocenters. The Kier molecular flexibility index (Phi) is 3.86. The lowest BCUT2D eigenvalue weighted by Crippen LogP contribution is -2.14. The Balaban J connectivity index is 2.48. The minimum atomic E-state index is -3.82. The van der Waals surface area contributed by atoms with Crippen LogP contribution >= 0.6 is 0 Å². The maximum absolute atomic E-state index is 12.2. The summed E-state index contributed by atoms with van der Waals surface area (Å²) in [7, 11) is -2.42. The number of nitriles is 1. The molecule has 1 N–H and O–H groups in total. The third-order valence-electron chi connectivity index (χ3n) is 2.55. The number of nitrogens with zero attached hydrogens (tertiary/aromatic N) is 2. The lowest BCUT2D eigenvalue weighted by molar-refractivity contribution is 0.416. The van der Waals surface area contributed by atoms with Gasteiger partial charge in [-0.2, -0.15) is 5.26 Å². The van der Waals surface area contributed by atoms with Gasteiger partial charge in [0.05, 0.1) is 12.7 Å². The molecular weight excluding hydrogens is 278 g/mol. The first-order valence-corrected chi connectivity index (χ1v) is 7.07. The van der Waals surface area contributed by atoms with E-state index in [-0.39, 0.29) is 21.9 Å². The van der Waals surface area contributed by atoms with E-state index in [1.807, 2.05) is 6.07 Å². The van der Waals surface area contributed by atoms with E-state index in [2.05, 4.69) is 9.71 Å². The largest absolute Gasteiger partial charge is 0.495 e. The molecule has 0 spiro atoms. The third-order valence-corrected chi connectivity index (χ3v) is 3.88. The van der Waals surface area contributed by atoms with Gasteiger partial charge in [0.15, 0.2) is 0 Å². The summed E-state index contributed by atoms with van der Waals surface area (Å²) in [6.07, 6.45) is 2.70. The van der Waals surface area contributed by atoms with Crippen molar-refractivity contribution in [3.63, 3.8) is 0 Å². The number of ether oxygens (including phenoxy) is 1. The van der Waals surface area contributed by atoms with E-state index in [0.717, 1.165) is 0 Å². The first-order valence-electron chi connectivity index (χ1n) is 5.58. The van der Waals surface area contributed by atoms with Gasteiger partial charge in [0.1, 0.15) is 22.4 Å². The van der Waals surface area contributed by atoms with E-state index >= 15 is 0 Å². The highest BCUT2D eigenvalue weighted by atomic mass is 32.2. The van der Waals surface area contributed by atoms with E-state index < -0.39 is 10.0 Å². The van der Waals surface area contributed by atoms with Gasteiger partial charge in [-0.15, -0.1) is 0 Å². The fourth-order valence-corrected chi connectivity index (χ4v) is 2.65. The second-order valence-corrected chi connectivity index (χ2v) is 5.47. The van der Waals surface area contributed by atoms with Crippen molar-refractivity contribution >= 4 is 15.7 Å². The number of hydrogen-bond donors (Lipinski definition) is 1. The van der Waals surface area contributed by atoms with Crippen LogP contribution in [-0.4, -0.2) is 20.5 Å². The smallest absolute Gasteiger partial charge is 0.263 e. The van der Waals surface area contributed by atoms with Crippen molar-refractivity contribution in [2.75, 3.05) is 11.8 Å². The maximum Gasteiger partial charge on any atom is 0.263 e. The quantitative estimate of drug-likeness (QED) is 0.926. The minimum Gasteiger partial charge on any atom is -0.495 e. The Labute approximate surface area is 116 Å². The standard InChI is InChI=1S/C13H11N3O3S/c1-19-12-6-2-4-10(8-14)13(12)16-20(17,18)11-5-3-7-15-9-11/h2-7,9,16H,1H3. The third kappa shape index (κ3) is 2.70. The highest BCUT2D eigenvalue weighted by molar-refractivity contribution is 7.92. The summed E-state index contributed by atoms with van der Waals surface area (Å²) in [6.45, 7) is 0. The molecule has 1 aromatic carbocycles. The summed E-state index contributed by atoms with van der Waals surface area (Å²) >= 11 is 0. The fourth-order valence-electron chi connectivity index (χ4n) is 1.60. The van der Waals surface area contributed by atoms with Crippen LogP contribution in [0.25, 0.3) is 0 Å². The molecule has 0 saturated heterocycles. The van der Waals surface area contributed by atoms with Crippen LogP contribution in [0.2, 0.25) is 0 Å². The molecule has 0 aliphatic carbocycles. The number of aromatic nitrogens is 1. The van der Waals surface area contributed by atoms with Crippen LogP contribution in [-0.2, 0) is 10.0 Å². The van der Waals surface area contributed by atoms with Crippen molar-refractivity contribution in [1.82, 2.24) is 4.98 Å². The van der Waals surface area contributed by atoms with Gasteiger partial charge in [0.2, 0.25) is 0 Å². The molecular formula is C13H11N3O3S. The van der Waals surface area contributed by atoms with Crippen molar-refractivity contribution in [2.45, 2.75) is 4.90 Å². The monoisotopic (exact) mass is 289 g/mol. The number of para-hydroxylation sites is 1. The van der Waals surface area contributed by atoms with Crippen molar-refractivity contribution < 1.29 is 13.2 Å². The van der Waals surface area contributed by atoms with Crippen LogP contribution in [0.4, 0.5) is 5.69 Å². The molecule has 0 amide bonds. The lowest BCUT2D eigenvalue weighted by Gasteiger charge is -2.12. The molecule has 0 unspecified atom stereocenters. The summed E-state index contributed by atoms with van der Waals surface area (Å²) in [4.78, 5) is 3.77. The number of sulfonamides is 1. The predicted molar refractivity (Wildman–Crippen MR) is 72.8 cm³/mol. The van der Waals surface area contributed by atoms with Gasteiger partial charge < -0.3 is 4.74 Å². The van der Waals surface area contributed by atoms with E-state index in [1.54, 1.807) is 12.1 Å². The van der Waals surface area contributed by atoms with E-state index in [4.69, 9.17) is 10.00 Å². The van der Waals surface area contributed by atoms with Crippen LogP contribution in [0.3, 0.4) is 0 Å². The van der Waals surface area contributed by atoms with Crippen molar-refractivity contribution in [3.8, 4) is 11.8 Å². The molecule has 0 aliphatic heterocycles. The van der Waals surface area contributed by atoms with E-state index in [0.29, 0.717) is 0 Å². The number of methoxy groups -OCH3 is 1. The van der Waals surface area contributed by atoms with Gasteiger partial charge in [-0.1, -0.05) is 6.07 Å². The molecule has 2 rings (SSSR count). The molecule has 7 heteroatoms. The average molecular weight is 289 g/mol. The molecule has 2 aromatic rings. The van der Waals surface area contributed by atoms with Crippen LogP contribution in [0, 0.1) is 11.3 Å². The molecule has 0 radical (unpaired) electrons. The van der Waals surface area contributed by atoms with Gasteiger partial charge >= 0.3 is 0 Å². The molecule has 20 heavy (non-hydrogen) atoms. The maximum atomic E-state index is 12.2. The number of hydrogen-bond acceptors (Lipinski definition) is 5. The molecule has 6 nitrogen and oxygen atoms in total. The first-order chi connectivity index (χ1) is 9.58. The number of nitrogens with one attached hydrogen (secondary N) is 1. The number of pyridine rings is 1. The minimum absolute atomic E-state index is 0.00907. The lowest BCUT2D eigenvalue weighted by atomic mass is 10.2. The highest BCUT2D eigenvalue weighted by Gasteiger charge is 2.19. The van der Waals surface area contributed by atoms with Crippen molar-refractivity contribution in [2.24, 2.45) is 0 Å². The molecule has 0 aliphatic rings. The Hall–Kier alpha value is -2.59. The molecule has 0 saturated carbocycles. The topological polar surface area (TPSA) is 92.1 Å². The Morgan fingerprint density at radius 2 is 2.10 bits per heavy atom. The molecule has 1 heterocycles. The van der Waals surface area contributed by atoms with Gasteiger partial charge in [0.25, 0.3) is 10.0 Å². The molecule has 1 aromatic heterocycles. The highest BCUT2D eigenvalue weighted by Crippen LogP contribution is 2.29. The predicted octanol–water partition coefficient (Wildman–Crippen LogP) is 1.76. The summed E-state index contributed by atoms with van der Waals surface area (Å²) in [5, 5.41) is 9.05. The summed E-state index contributed by atoms with van der Waals surface area (Å²) in [5.41, 5.74) is 0.290. The summed E-state index contributed by atoms with van der Waals surface area (Å²) < 4.78 is 31.9. The number of benzene rings is 1. The van der Waals surface area contributed by atoms with E-state index in [9.17, 15) is 8.42 Å². The molecule has 0 bridgehead atoms. The Morgan fingerprint density at radius 1 is 1.30 bits per heavy atom. The SMILES string of the molecule is COc1cccc(C#N)c1NS(=O)(=O)c1cccnc1. The fraction of sp³-hybridized carbons (Fsp3) is 0.0769. The zero-order valence-corrected chi connectivity index (χ0v) is 11.4. The van der Waals surface area contributed by atoms with Gasteiger partial charge in [-0.25, -0.2) is 8.42 Å². The number of anilines is 1. The average Bonchev–Trinajstić information content (AvgIpc) is 2.48. The molecule has 0 fully saturated rings. The first kappa shape index (κ1) is 13.8. The summed E-state index contributed by atoms with van der Waals surface area (Å²) in [5.74, 6) is 0.275. The normalized spacial score (nSPS) is 10.6. The van der Waals surface area contributed by atoms with Gasteiger partial charge in [0, 0.05) is 12.4 Å². The van der Waals surface area contributed by atoms with Crippen LogP contribution in [0.5, 0.6) is 5.75 Å². The van der Waals surface area contributed by atoms with E-state index in [1.165, 1.54) is 37.7 Å². The Bertz CT molecular complexity index is 752. The van der Waals surface area contributed by atoms with Crippen LogP contribution in [0.1, 0.15) is 5.56 Å². The van der Waals surface area contributed by atoms with Gasteiger partial charge in [-0.3, -0.25) is 9.71 Å². The van der Waals surface area contributed by atoms with Crippen molar-refractivity contribution in [1.29, 1.82) is 5.26 Å². The van der Waals surface area contributed by atoms with Crippen molar-refractivity contribution in [3.05, 3.63) is 48.3 Å². The van der Waals surface area contributed by atoms with Crippen LogP contribution in [0.15, 0.2) is 47.6 Å². The van der Waals surface area contributed by atoms with Gasteiger partial charge in [-0.05, 0) is 24.3 Å².